The monoisotopic (exact) mass is 388 g/mol. The lowest BCUT2D eigenvalue weighted by atomic mass is 9.96. The maximum Gasteiger partial charge on any atom is 0.274 e. The average molecular weight is 388 g/mol. The first-order chi connectivity index (χ1) is 14.3. The molecule has 1 aromatic heterocycles. The van der Waals surface area contributed by atoms with Crippen molar-refractivity contribution in [1.82, 2.24) is 9.97 Å². The van der Waals surface area contributed by atoms with E-state index in [1.165, 1.54) is 19.3 Å². The Morgan fingerprint density at radius 1 is 0.897 bits per heavy atom. The Hall–Kier alpha value is -3.41. The van der Waals surface area contributed by atoms with Gasteiger partial charge in [-0.3, -0.25) is 4.79 Å². The Morgan fingerprint density at radius 3 is 2.38 bits per heavy atom. The highest BCUT2D eigenvalue weighted by Crippen LogP contribution is 2.23. The summed E-state index contributed by atoms with van der Waals surface area (Å²) in [6.07, 6.45) is 7.60. The van der Waals surface area contributed by atoms with Crippen molar-refractivity contribution >= 4 is 17.5 Å². The summed E-state index contributed by atoms with van der Waals surface area (Å²) in [5, 5.41) is 6.22. The Labute approximate surface area is 170 Å². The third kappa shape index (κ3) is 5.31. The van der Waals surface area contributed by atoms with E-state index in [4.69, 9.17) is 4.74 Å². The Bertz CT molecular complexity index is 939. The minimum Gasteiger partial charge on any atom is -0.457 e. The zero-order chi connectivity index (χ0) is 19.9. The van der Waals surface area contributed by atoms with Crippen LogP contribution in [0.3, 0.4) is 0 Å². The van der Waals surface area contributed by atoms with E-state index >= 15 is 0 Å². The molecule has 3 aromatic rings. The van der Waals surface area contributed by atoms with Gasteiger partial charge < -0.3 is 15.4 Å². The molecule has 0 atom stereocenters. The highest BCUT2D eigenvalue weighted by atomic mass is 16.5. The number of anilines is 2. The quantitative estimate of drug-likeness (QED) is 0.602. The second kappa shape index (κ2) is 9.19. The largest absolute Gasteiger partial charge is 0.457 e. The summed E-state index contributed by atoms with van der Waals surface area (Å²) in [7, 11) is 0. The number of aromatic nitrogens is 2. The van der Waals surface area contributed by atoms with Gasteiger partial charge in [-0.25, -0.2) is 9.97 Å². The lowest BCUT2D eigenvalue weighted by Gasteiger charge is -2.22. The highest BCUT2D eigenvalue weighted by molar-refractivity contribution is 6.02. The van der Waals surface area contributed by atoms with Crippen LogP contribution in [0.15, 0.2) is 66.9 Å². The van der Waals surface area contributed by atoms with Crippen molar-refractivity contribution in [3.63, 3.8) is 0 Å². The second-order valence-electron chi connectivity index (χ2n) is 7.14. The van der Waals surface area contributed by atoms with Gasteiger partial charge in [-0.2, -0.15) is 0 Å². The molecule has 1 amide bonds. The van der Waals surface area contributed by atoms with Crippen LogP contribution in [0, 0.1) is 0 Å². The van der Waals surface area contributed by atoms with Gasteiger partial charge in [0, 0.05) is 17.9 Å². The number of carbonyl (C=O) groups excluding carboxylic acids is 1. The first-order valence-electron chi connectivity index (χ1n) is 10.0. The van der Waals surface area contributed by atoms with E-state index in [1.54, 1.807) is 24.4 Å². The predicted octanol–water partition coefficient (Wildman–Crippen LogP) is 5.27. The first kappa shape index (κ1) is 18.9. The molecule has 1 fully saturated rings. The van der Waals surface area contributed by atoms with Crippen LogP contribution >= 0.6 is 0 Å². The summed E-state index contributed by atoms with van der Waals surface area (Å²) < 4.78 is 5.77. The fourth-order valence-corrected chi connectivity index (χ4v) is 3.41. The molecule has 0 saturated heterocycles. The standard InChI is InChI=1S/C23H24N4O2/c28-22(21-15-16-24-23(27-21)26-17-7-3-1-4-8-17)25-18-11-13-20(14-12-18)29-19-9-5-2-6-10-19/h2,5-6,9-17H,1,3-4,7-8H2,(H,25,28)(H,24,26,27). The van der Waals surface area contributed by atoms with E-state index < -0.39 is 0 Å². The molecule has 6 heteroatoms. The number of nitrogens with zero attached hydrogens (tertiary/aromatic N) is 2. The van der Waals surface area contributed by atoms with E-state index in [1.807, 2.05) is 42.5 Å². The molecule has 1 heterocycles. The van der Waals surface area contributed by atoms with Gasteiger partial charge in [-0.15, -0.1) is 0 Å². The van der Waals surface area contributed by atoms with Crippen LogP contribution in [0.2, 0.25) is 0 Å². The molecule has 0 bridgehead atoms. The van der Waals surface area contributed by atoms with Gasteiger partial charge in [-0.05, 0) is 55.3 Å². The smallest absolute Gasteiger partial charge is 0.274 e. The van der Waals surface area contributed by atoms with Crippen molar-refractivity contribution in [2.75, 3.05) is 10.6 Å². The molecule has 4 rings (SSSR count). The van der Waals surface area contributed by atoms with E-state index in [0.29, 0.717) is 29.1 Å². The van der Waals surface area contributed by atoms with Crippen molar-refractivity contribution in [2.24, 2.45) is 0 Å². The summed E-state index contributed by atoms with van der Waals surface area (Å²) in [5.74, 6) is 1.71. The number of amides is 1. The Balaban J connectivity index is 1.36. The van der Waals surface area contributed by atoms with Gasteiger partial charge in [-0.1, -0.05) is 37.5 Å². The van der Waals surface area contributed by atoms with Crippen molar-refractivity contribution in [2.45, 2.75) is 38.1 Å². The fraction of sp³-hybridized carbons (Fsp3) is 0.261. The van der Waals surface area contributed by atoms with Crippen molar-refractivity contribution < 1.29 is 9.53 Å². The van der Waals surface area contributed by atoms with Gasteiger partial charge in [0.25, 0.3) is 5.91 Å². The summed E-state index contributed by atoms with van der Waals surface area (Å²) in [5.41, 5.74) is 1.01. The number of rotatable bonds is 6. The second-order valence-corrected chi connectivity index (χ2v) is 7.14. The molecule has 1 saturated carbocycles. The summed E-state index contributed by atoms with van der Waals surface area (Å²) in [6, 6.07) is 18.8. The molecule has 2 aromatic carbocycles. The van der Waals surface area contributed by atoms with Gasteiger partial charge in [0.15, 0.2) is 0 Å². The molecule has 6 nitrogen and oxygen atoms in total. The summed E-state index contributed by atoms with van der Waals surface area (Å²) >= 11 is 0. The maximum atomic E-state index is 12.6. The van der Waals surface area contributed by atoms with Crippen LogP contribution in [-0.2, 0) is 0 Å². The number of hydrogen-bond acceptors (Lipinski definition) is 5. The first-order valence-corrected chi connectivity index (χ1v) is 10.0. The minimum absolute atomic E-state index is 0.268. The highest BCUT2D eigenvalue weighted by Gasteiger charge is 2.15. The van der Waals surface area contributed by atoms with Crippen LogP contribution < -0.4 is 15.4 Å². The van der Waals surface area contributed by atoms with Crippen molar-refractivity contribution in [3.05, 3.63) is 72.6 Å². The number of para-hydroxylation sites is 1. The van der Waals surface area contributed by atoms with E-state index in [2.05, 4.69) is 20.6 Å². The molecule has 29 heavy (non-hydrogen) atoms. The number of nitrogens with one attached hydrogen (secondary N) is 2. The number of hydrogen-bond donors (Lipinski definition) is 2. The molecule has 1 aliphatic rings. The molecule has 0 unspecified atom stereocenters. The topological polar surface area (TPSA) is 76.1 Å². The molecule has 148 valence electrons. The van der Waals surface area contributed by atoms with Crippen LogP contribution in [0.5, 0.6) is 11.5 Å². The normalized spacial score (nSPS) is 14.2. The predicted molar refractivity (Wildman–Crippen MR) is 113 cm³/mol. The van der Waals surface area contributed by atoms with Crippen LogP contribution in [0.25, 0.3) is 0 Å². The molecule has 0 radical (unpaired) electrons. The molecule has 1 aliphatic carbocycles. The maximum absolute atomic E-state index is 12.6. The van der Waals surface area contributed by atoms with E-state index in [9.17, 15) is 4.79 Å². The van der Waals surface area contributed by atoms with Gasteiger partial charge >= 0.3 is 0 Å². The minimum atomic E-state index is -0.268. The van der Waals surface area contributed by atoms with E-state index in [-0.39, 0.29) is 5.91 Å². The zero-order valence-corrected chi connectivity index (χ0v) is 16.2. The molecule has 0 aliphatic heterocycles. The summed E-state index contributed by atoms with van der Waals surface area (Å²) in [6.45, 7) is 0. The van der Waals surface area contributed by atoms with Gasteiger partial charge in [0.2, 0.25) is 5.95 Å². The Kier molecular flexibility index (Phi) is 6.00. The van der Waals surface area contributed by atoms with Gasteiger partial charge in [0.05, 0.1) is 0 Å². The van der Waals surface area contributed by atoms with Crippen molar-refractivity contribution in [3.8, 4) is 11.5 Å². The molecular weight excluding hydrogens is 364 g/mol. The van der Waals surface area contributed by atoms with Crippen molar-refractivity contribution in [1.29, 1.82) is 0 Å². The lowest BCUT2D eigenvalue weighted by Crippen LogP contribution is -2.24. The number of carbonyl (C=O) groups is 1. The molecule has 2 N–H and O–H groups in total. The SMILES string of the molecule is O=C(Nc1ccc(Oc2ccccc2)cc1)c1ccnc(NC2CCCCC2)n1. The zero-order valence-electron chi connectivity index (χ0n) is 16.2. The van der Waals surface area contributed by atoms with Crippen LogP contribution in [0.1, 0.15) is 42.6 Å². The average Bonchev–Trinajstić information content (AvgIpc) is 2.77. The van der Waals surface area contributed by atoms with Gasteiger partial charge in [0.1, 0.15) is 17.2 Å². The molecule has 0 spiro atoms. The lowest BCUT2D eigenvalue weighted by molar-refractivity contribution is 0.102. The number of benzene rings is 2. The third-order valence-electron chi connectivity index (χ3n) is 4.92. The third-order valence-corrected chi connectivity index (χ3v) is 4.92. The molecular formula is C23H24N4O2. The van der Waals surface area contributed by atoms with Crippen LogP contribution in [-0.4, -0.2) is 21.9 Å². The number of ether oxygens (including phenoxy) is 1. The van der Waals surface area contributed by atoms with Crippen LogP contribution in [0.4, 0.5) is 11.6 Å². The summed E-state index contributed by atoms with van der Waals surface area (Å²) in [4.78, 5) is 21.2. The Morgan fingerprint density at radius 2 is 1.62 bits per heavy atom. The fourth-order valence-electron chi connectivity index (χ4n) is 3.41. The van der Waals surface area contributed by atoms with E-state index in [0.717, 1.165) is 18.6 Å².